The van der Waals surface area contributed by atoms with Crippen molar-refractivity contribution in [2.45, 2.75) is 25.9 Å². The molecule has 6 heteroatoms. The highest BCUT2D eigenvalue weighted by atomic mass is 79.9. The number of rotatable bonds is 5. The topological polar surface area (TPSA) is 61.3 Å². The molecule has 0 amide bonds. The zero-order chi connectivity index (χ0) is 18.8. The van der Waals surface area contributed by atoms with Gasteiger partial charge in [-0.1, -0.05) is 22.0 Å². The summed E-state index contributed by atoms with van der Waals surface area (Å²) >= 11 is 3.57. The summed E-state index contributed by atoms with van der Waals surface area (Å²) in [5.74, 6) is 0.767. The van der Waals surface area contributed by atoms with E-state index in [4.69, 9.17) is 0 Å². The second-order valence-corrected chi connectivity index (χ2v) is 7.96. The molecule has 27 heavy (non-hydrogen) atoms. The van der Waals surface area contributed by atoms with Crippen molar-refractivity contribution in [3.05, 3.63) is 58.3 Å². The predicted molar refractivity (Wildman–Crippen MR) is 112 cm³/mol. The fraction of sp³-hybridized carbons (Fsp3) is 0.333. The summed E-state index contributed by atoms with van der Waals surface area (Å²) in [5, 5.41) is 14.2. The van der Waals surface area contributed by atoms with Crippen LogP contribution in [0.2, 0.25) is 0 Å². The highest BCUT2D eigenvalue weighted by Crippen LogP contribution is 2.28. The van der Waals surface area contributed by atoms with Crippen LogP contribution in [-0.2, 0) is 6.42 Å². The third-order valence-corrected chi connectivity index (χ3v) is 6.00. The molecule has 3 aromatic rings. The quantitative estimate of drug-likeness (QED) is 0.643. The third-order valence-electron chi connectivity index (χ3n) is 5.14. The molecule has 0 unspecified atom stereocenters. The maximum Gasteiger partial charge on any atom is 0.156 e. The Morgan fingerprint density at radius 3 is 3.00 bits per heavy atom. The Kier molecular flexibility index (Phi) is 5.38. The van der Waals surface area contributed by atoms with Gasteiger partial charge in [-0.25, -0.2) is 4.98 Å². The Bertz CT molecular complexity index is 962. The van der Waals surface area contributed by atoms with Gasteiger partial charge in [0, 0.05) is 47.6 Å². The Morgan fingerprint density at radius 1 is 1.30 bits per heavy atom. The predicted octanol–water partition coefficient (Wildman–Crippen LogP) is 4.05. The number of aliphatic hydroxyl groups excluding tert-OH is 1. The van der Waals surface area contributed by atoms with Crippen molar-refractivity contribution in [2.24, 2.45) is 0 Å². The highest BCUT2D eigenvalue weighted by Gasteiger charge is 2.19. The van der Waals surface area contributed by atoms with Crippen molar-refractivity contribution in [2.75, 3.05) is 25.0 Å². The van der Waals surface area contributed by atoms with E-state index >= 15 is 0 Å². The normalized spacial score (nSPS) is 17.5. The number of nitrogens with zero attached hydrogens (tertiary/aromatic N) is 3. The lowest BCUT2D eigenvalue weighted by Crippen LogP contribution is -2.24. The van der Waals surface area contributed by atoms with E-state index in [2.05, 4.69) is 49.1 Å². The number of hydrogen-bond donors (Lipinski definition) is 2. The molecule has 2 N–H and O–H groups in total. The number of pyridine rings is 2. The van der Waals surface area contributed by atoms with Crippen LogP contribution in [0.15, 0.2) is 47.2 Å². The number of nitrogens with one attached hydrogen (secondary N) is 1. The van der Waals surface area contributed by atoms with E-state index in [0.29, 0.717) is 0 Å². The minimum Gasteiger partial charge on any atom is -0.392 e. The number of benzene rings is 1. The summed E-state index contributed by atoms with van der Waals surface area (Å²) in [7, 11) is 0. The van der Waals surface area contributed by atoms with Crippen molar-refractivity contribution >= 4 is 38.3 Å². The number of halogens is 1. The SMILES string of the molecule is Cc1c(Br)cccc1Nc1nccc2cc(CCN3CC[C@@H](O)C3)cnc12. The number of likely N-dealkylation sites (tertiary alicyclic amines) is 1. The molecule has 3 heterocycles. The molecule has 0 bridgehead atoms. The van der Waals surface area contributed by atoms with Gasteiger partial charge in [-0.15, -0.1) is 0 Å². The van der Waals surface area contributed by atoms with Crippen LogP contribution in [0.5, 0.6) is 0 Å². The summed E-state index contributed by atoms with van der Waals surface area (Å²) in [5.41, 5.74) is 4.24. The van der Waals surface area contributed by atoms with E-state index < -0.39 is 0 Å². The van der Waals surface area contributed by atoms with Crippen LogP contribution < -0.4 is 5.32 Å². The van der Waals surface area contributed by atoms with E-state index in [9.17, 15) is 5.11 Å². The monoisotopic (exact) mass is 426 g/mol. The maximum atomic E-state index is 9.66. The summed E-state index contributed by atoms with van der Waals surface area (Å²) < 4.78 is 1.06. The minimum atomic E-state index is -0.166. The van der Waals surface area contributed by atoms with Gasteiger partial charge in [0.25, 0.3) is 0 Å². The molecule has 1 aliphatic rings. The first-order chi connectivity index (χ1) is 13.1. The van der Waals surface area contributed by atoms with E-state index in [1.165, 1.54) is 5.56 Å². The first kappa shape index (κ1) is 18.3. The Labute approximate surface area is 167 Å². The van der Waals surface area contributed by atoms with E-state index in [0.717, 1.165) is 64.9 Å². The van der Waals surface area contributed by atoms with Crippen LogP contribution in [0, 0.1) is 6.92 Å². The van der Waals surface area contributed by atoms with Gasteiger partial charge in [-0.2, -0.15) is 0 Å². The summed E-state index contributed by atoms with van der Waals surface area (Å²) in [4.78, 5) is 11.5. The fourth-order valence-electron chi connectivity index (χ4n) is 3.51. The Hall–Kier alpha value is -2.02. The van der Waals surface area contributed by atoms with Gasteiger partial charge in [0.2, 0.25) is 0 Å². The molecule has 5 nitrogen and oxygen atoms in total. The molecule has 0 spiro atoms. The molecule has 140 valence electrons. The van der Waals surface area contributed by atoms with Crippen LogP contribution in [0.4, 0.5) is 11.5 Å². The molecule has 1 aromatic carbocycles. The van der Waals surface area contributed by atoms with Gasteiger partial charge < -0.3 is 15.3 Å². The van der Waals surface area contributed by atoms with E-state index in [1.54, 1.807) is 0 Å². The summed E-state index contributed by atoms with van der Waals surface area (Å²) in [6.07, 6.45) is 5.41. The van der Waals surface area contributed by atoms with Gasteiger partial charge in [0.05, 0.1) is 6.10 Å². The Morgan fingerprint density at radius 2 is 2.19 bits per heavy atom. The van der Waals surface area contributed by atoms with Crippen LogP contribution in [0.3, 0.4) is 0 Å². The Balaban J connectivity index is 1.54. The minimum absolute atomic E-state index is 0.166. The largest absolute Gasteiger partial charge is 0.392 e. The molecular formula is C21H23BrN4O. The molecule has 1 atom stereocenters. The van der Waals surface area contributed by atoms with Crippen molar-refractivity contribution in [3.8, 4) is 0 Å². The molecule has 0 aliphatic carbocycles. The average Bonchev–Trinajstić information content (AvgIpc) is 3.09. The standard InChI is InChI=1S/C21H23BrN4O/c1-14-18(22)3-2-4-19(14)25-21-20-16(5-8-23-21)11-15(12-24-20)6-9-26-10-7-17(27)13-26/h2-5,8,11-12,17,27H,6-7,9-10,13H2,1H3,(H,23,25)/t17-/m1/s1. The van der Waals surface area contributed by atoms with Gasteiger partial charge in [-0.3, -0.25) is 4.98 Å². The van der Waals surface area contributed by atoms with Gasteiger partial charge in [-0.05, 0) is 55.2 Å². The van der Waals surface area contributed by atoms with Gasteiger partial charge in [0.1, 0.15) is 5.52 Å². The number of aromatic nitrogens is 2. The molecule has 1 saturated heterocycles. The average molecular weight is 427 g/mol. The van der Waals surface area contributed by atoms with E-state index in [1.807, 2.05) is 36.7 Å². The number of fused-ring (bicyclic) bond motifs is 1. The van der Waals surface area contributed by atoms with Gasteiger partial charge in [0.15, 0.2) is 5.82 Å². The van der Waals surface area contributed by atoms with Crippen LogP contribution >= 0.6 is 15.9 Å². The number of aliphatic hydroxyl groups is 1. The second-order valence-electron chi connectivity index (χ2n) is 7.11. The molecular weight excluding hydrogens is 404 g/mol. The zero-order valence-corrected chi connectivity index (χ0v) is 16.9. The third kappa shape index (κ3) is 4.13. The smallest absolute Gasteiger partial charge is 0.156 e. The number of anilines is 2. The lowest BCUT2D eigenvalue weighted by Gasteiger charge is -2.15. The van der Waals surface area contributed by atoms with Crippen molar-refractivity contribution < 1.29 is 5.11 Å². The summed E-state index contributed by atoms with van der Waals surface area (Å²) in [6.45, 7) is 4.78. The van der Waals surface area contributed by atoms with Crippen LogP contribution in [0.1, 0.15) is 17.5 Å². The maximum absolute atomic E-state index is 9.66. The summed E-state index contributed by atoms with van der Waals surface area (Å²) in [6, 6.07) is 10.3. The molecule has 4 rings (SSSR count). The lowest BCUT2D eigenvalue weighted by molar-refractivity contribution is 0.177. The van der Waals surface area contributed by atoms with Crippen molar-refractivity contribution in [3.63, 3.8) is 0 Å². The molecule has 1 fully saturated rings. The van der Waals surface area contributed by atoms with Crippen molar-refractivity contribution in [1.29, 1.82) is 0 Å². The molecule has 2 aromatic heterocycles. The van der Waals surface area contributed by atoms with Crippen molar-refractivity contribution in [1.82, 2.24) is 14.9 Å². The highest BCUT2D eigenvalue weighted by molar-refractivity contribution is 9.10. The fourth-order valence-corrected chi connectivity index (χ4v) is 3.87. The molecule has 0 saturated carbocycles. The molecule has 1 aliphatic heterocycles. The van der Waals surface area contributed by atoms with Crippen LogP contribution in [-0.4, -0.2) is 45.7 Å². The van der Waals surface area contributed by atoms with Gasteiger partial charge >= 0.3 is 0 Å². The van der Waals surface area contributed by atoms with Crippen LogP contribution in [0.25, 0.3) is 10.9 Å². The number of hydrogen-bond acceptors (Lipinski definition) is 5. The van der Waals surface area contributed by atoms with E-state index in [-0.39, 0.29) is 6.10 Å². The number of β-amino-alcohol motifs (C(OH)–C–C–N with tert-alkyl or cyclic N) is 1. The second kappa shape index (κ2) is 7.92. The zero-order valence-electron chi connectivity index (χ0n) is 15.3. The molecule has 0 radical (unpaired) electrons. The lowest BCUT2D eigenvalue weighted by atomic mass is 10.1. The first-order valence-electron chi connectivity index (χ1n) is 9.26. The first-order valence-corrected chi connectivity index (χ1v) is 10.1.